The molecule has 468 valence electrons. The Morgan fingerprint density at radius 2 is 1.11 bits per heavy atom. The molecule has 1 N–H and O–H groups in total. The molecule has 2 atom stereocenters. The number of aromatic nitrogens is 8. The fourth-order valence-electron chi connectivity index (χ4n) is 10.0. The van der Waals surface area contributed by atoms with E-state index in [0.717, 1.165) is 132 Å². The number of alkyl halides is 6. The smallest absolute Gasteiger partial charge is 0.441 e. The number of pyridine rings is 6. The fraction of sp³-hybridized carbons (Fsp3) is 0.303. The van der Waals surface area contributed by atoms with E-state index in [1.54, 1.807) is 24.7 Å². The van der Waals surface area contributed by atoms with Crippen molar-refractivity contribution >= 4 is 63.2 Å². The van der Waals surface area contributed by atoms with Gasteiger partial charge in [-0.25, -0.2) is 24.1 Å². The number of fused-ring (bicyclic) bond motifs is 2. The minimum Gasteiger partial charge on any atom is -0.441 e. The van der Waals surface area contributed by atoms with Gasteiger partial charge in [-0.15, -0.1) is 0 Å². The Labute approximate surface area is 523 Å². The van der Waals surface area contributed by atoms with Crippen LogP contribution in [0.2, 0.25) is 10.0 Å². The second-order valence-electron chi connectivity index (χ2n) is 21.5. The van der Waals surface area contributed by atoms with E-state index in [0.29, 0.717) is 59.8 Å². The predicted molar refractivity (Wildman–Crippen MR) is 327 cm³/mol. The Balaban J connectivity index is 0.000000169. The second-order valence-corrected chi connectivity index (χ2v) is 22.4. The molecule has 2 unspecified atom stereocenters. The van der Waals surface area contributed by atoms with Gasteiger partial charge in [-0.05, 0) is 171 Å². The van der Waals surface area contributed by atoms with Crippen molar-refractivity contribution in [2.24, 2.45) is 0 Å². The number of nitro benzene ring substituents is 1. The van der Waals surface area contributed by atoms with Crippen molar-refractivity contribution in [3.8, 4) is 5.75 Å². The van der Waals surface area contributed by atoms with Gasteiger partial charge in [0.05, 0.1) is 15.0 Å². The molecule has 0 spiro atoms. The topological polar surface area (TPSA) is 203 Å². The monoisotopic (exact) mass is 1280 g/mol. The van der Waals surface area contributed by atoms with Crippen LogP contribution in [0.5, 0.6) is 5.75 Å². The summed E-state index contributed by atoms with van der Waals surface area (Å²) in [5.41, 5.74) is 6.49. The molecular weight excluding hydrogens is 1220 g/mol. The zero-order valence-electron chi connectivity index (χ0n) is 48.4. The van der Waals surface area contributed by atoms with Gasteiger partial charge in [-0.2, -0.15) is 26.3 Å². The van der Waals surface area contributed by atoms with Crippen molar-refractivity contribution in [1.82, 2.24) is 39.5 Å². The van der Waals surface area contributed by atoms with Gasteiger partial charge < -0.3 is 19.2 Å². The summed E-state index contributed by atoms with van der Waals surface area (Å²) in [6.45, 7) is 0. The Kier molecular flexibility index (Phi) is 22.5. The number of nitrogens with one attached hydrogen (secondary N) is 1. The van der Waals surface area contributed by atoms with Crippen molar-refractivity contribution in [1.29, 1.82) is 0 Å². The molecule has 0 aliphatic heterocycles. The van der Waals surface area contributed by atoms with E-state index in [9.17, 15) is 46.0 Å². The molecule has 0 saturated heterocycles. The highest BCUT2D eigenvalue weighted by atomic mass is 35.5. The van der Waals surface area contributed by atoms with Crippen LogP contribution in [-0.4, -0.2) is 68.8 Å². The molecule has 1 aromatic carbocycles. The summed E-state index contributed by atoms with van der Waals surface area (Å²) in [5, 5.41) is 13.3. The van der Waals surface area contributed by atoms with E-state index in [2.05, 4.69) is 41.0 Å². The molecule has 2 aliphatic rings. The van der Waals surface area contributed by atoms with Gasteiger partial charge in [0, 0.05) is 96.7 Å². The van der Waals surface area contributed by atoms with E-state index in [4.69, 9.17) is 37.4 Å². The molecule has 0 amide bonds. The quantitative estimate of drug-likeness (QED) is 0.0269. The van der Waals surface area contributed by atoms with Crippen molar-refractivity contribution in [3.63, 3.8) is 0 Å². The number of hydrogen-bond acceptors (Lipinski definition) is 13. The lowest BCUT2D eigenvalue weighted by Crippen LogP contribution is -2.21. The van der Waals surface area contributed by atoms with E-state index in [1.807, 2.05) is 61.0 Å². The number of rotatable bonds is 14. The van der Waals surface area contributed by atoms with Crippen molar-refractivity contribution in [3.05, 3.63) is 235 Å². The maximum Gasteiger partial charge on any atom is 0.514 e. The first-order valence-electron chi connectivity index (χ1n) is 29.2. The first-order valence-corrected chi connectivity index (χ1v) is 29.9. The predicted octanol–water partition coefficient (Wildman–Crippen LogP) is 17.1. The van der Waals surface area contributed by atoms with Gasteiger partial charge in [0.2, 0.25) is 0 Å². The highest BCUT2D eigenvalue weighted by Gasteiger charge is 2.33. The van der Waals surface area contributed by atoms with Crippen molar-refractivity contribution in [2.45, 2.75) is 127 Å². The number of halogens is 8. The SMILES string of the molecule is FC(F)(F)c1ccc(CCc2ccc(Cc3c[nH]c4ncc(Cl)cc34)cn2)cn1.O=C(OC1/C=C/CCCCC1)n1cc(Cc2ccc(CCc3ccc(C(F)(F)F)nc3)nc2)c2cc(Cl)cnc21.O=C(Oc1ccc([N+](=O)[O-])cc1)OC1/C=C/CCCCC1. The number of non-ortho nitro benzene ring substituents is 1. The number of allylic oxidation sites excluding steroid dienone is 2. The lowest BCUT2D eigenvalue weighted by atomic mass is 10.0. The van der Waals surface area contributed by atoms with Crippen LogP contribution >= 0.6 is 23.2 Å². The van der Waals surface area contributed by atoms with Crippen molar-refractivity contribution < 1.29 is 55.1 Å². The third-order valence-electron chi connectivity index (χ3n) is 14.8. The number of nitro groups is 1. The fourth-order valence-corrected chi connectivity index (χ4v) is 10.3. The van der Waals surface area contributed by atoms with Crippen molar-refractivity contribution in [2.75, 3.05) is 0 Å². The van der Waals surface area contributed by atoms with E-state index in [-0.39, 0.29) is 23.6 Å². The van der Waals surface area contributed by atoms with Gasteiger partial charge in [0.15, 0.2) is 0 Å². The number of H-pyrrole nitrogens is 1. The molecule has 24 heteroatoms. The summed E-state index contributed by atoms with van der Waals surface area (Å²) in [7, 11) is 0. The summed E-state index contributed by atoms with van der Waals surface area (Å²) in [5.74, 6) is 0.223. The van der Waals surface area contributed by atoms with Crippen LogP contribution in [0.1, 0.15) is 120 Å². The maximum absolute atomic E-state index is 13.1. The molecule has 0 radical (unpaired) electrons. The number of hydrogen-bond donors (Lipinski definition) is 1. The largest absolute Gasteiger partial charge is 0.514 e. The summed E-state index contributed by atoms with van der Waals surface area (Å²) >= 11 is 12.3. The molecule has 16 nitrogen and oxygen atoms in total. The van der Waals surface area contributed by atoms with E-state index < -0.39 is 40.9 Å². The number of carbonyl (C=O) groups excluding carboxylic acids is 2. The Morgan fingerprint density at radius 1 is 0.589 bits per heavy atom. The van der Waals surface area contributed by atoms with Crippen LogP contribution in [0.15, 0.2) is 159 Å². The summed E-state index contributed by atoms with van der Waals surface area (Å²) in [4.78, 5) is 62.6. The standard InChI is InChI=1S/C30H28ClF3N4O2.C21H16ClF3N4.C15H17NO5/c31-23-15-26-22(19-38(28(26)37-18-23)29(39)40-25-6-4-2-1-3-5-7-25)14-21-9-12-24(35-17-21)11-8-20-10-13-27(36-16-20)30(32,33)34;22-16-8-18-15(11-28-20(18)29-12-16)7-14-2-5-17(26-10-14)4-1-13-3-6-19(27-9-13)21(23,24)25;17-15(20-13-6-4-2-1-3-5-7-13)21-14-10-8-12(9-11-14)16(18)19/h4,6,9-10,12-13,15-19,25H,1-3,5,7-8,11,14H2;2-3,5-6,8-12H,1,4,7H2,(H,28,29);4,6,8-11,13H,1-3,5,7H2/b6-4+;;6-4+. The molecule has 0 bridgehead atoms. The van der Waals surface area contributed by atoms with Crippen LogP contribution < -0.4 is 4.74 Å². The zero-order chi connectivity index (χ0) is 63.6. The Morgan fingerprint density at radius 3 is 1.63 bits per heavy atom. The molecule has 0 fully saturated rings. The summed E-state index contributed by atoms with van der Waals surface area (Å²) in [6, 6.07) is 21.7. The third kappa shape index (κ3) is 19.2. The van der Waals surface area contributed by atoms with Crippen LogP contribution in [0.3, 0.4) is 0 Å². The molecule has 90 heavy (non-hydrogen) atoms. The molecular formula is C66H61Cl2F6N9O7. The third-order valence-corrected chi connectivity index (χ3v) is 15.2. The zero-order valence-corrected chi connectivity index (χ0v) is 50.0. The first kappa shape index (κ1) is 65.4. The minimum atomic E-state index is -4.45. The Bertz CT molecular complexity index is 3920. The van der Waals surface area contributed by atoms with Crippen LogP contribution in [0.4, 0.5) is 41.6 Å². The number of nitrogens with zero attached hydrogens (tertiary/aromatic N) is 8. The summed E-state index contributed by atoms with van der Waals surface area (Å²) in [6.07, 6.45) is 23.8. The van der Waals surface area contributed by atoms with Crippen LogP contribution in [0.25, 0.3) is 22.1 Å². The minimum absolute atomic E-state index is 0.0568. The van der Waals surface area contributed by atoms with Gasteiger partial charge in [0.1, 0.15) is 40.6 Å². The average molecular weight is 1280 g/mol. The Hall–Kier alpha value is -9.02. The number of aromatic amines is 1. The molecule has 9 aromatic rings. The van der Waals surface area contributed by atoms with Gasteiger partial charge in [0.25, 0.3) is 5.69 Å². The number of aryl methyl sites for hydroxylation is 4. The average Bonchev–Trinajstić information content (AvgIpc) is 1.74. The number of ether oxygens (including phenoxy) is 3. The molecule has 8 aromatic heterocycles. The van der Waals surface area contributed by atoms with Gasteiger partial charge in [-0.3, -0.25) is 30.1 Å². The lowest BCUT2D eigenvalue weighted by molar-refractivity contribution is -0.384. The van der Waals surface area contributed by atoms with Crippen LogP contribution in [-0.2, 0) is 60.4 Å². The summed E-state index contributed by atoms with van der Waals surface area (Å²) < 4.78 is 93.3. The normalized spacial score (nSPS) is 16.0. The maximum atomic E-state index is 13.1. The molecule has 2 aliphatic carbocycles. The number of benzene rings is 1. The van der Waals surface area contributed by atoms with E-state index in [1.165, 1.54) is 59.6 Å². The second kappa shape index (κ2) is 30.9. The molecule has 0 saturated carbocycles. The van der Waals surface area contributed by atoms with E-state index >= 15 is 0 Å². The lowest BCUT2D eigenvalue weighted by Gasteiger charge is -2.16. The number of carbonyl (C=O) groups is 2. The highest BCUT2D eigenvalue weighted by molar-refractivity contribution is 6.31. The van der Waals surface area contributed by atoms with Crippen LogP contribution in [0, 0.1) is 10.1 Å². The highest BCUT2D eigenvalue weighted by Crippen LogP contribution is 2.31. The first-order chi connectivity index (χ1) is 43.3. The molecule has 11 rings (SSSR count). The van der Waals surface area contributed by atoms with Gasteiger partial charge in [-0.1, -0.05) is 72.5 Å². The molecule has 8 heterocycles. The van der Waals surface area contributed by atoms with Gasteiger partial charge >= 0.3 is 24.6 Å².